The summed E-state index contributed by atoms with van der Waals surface area (Å²) in [5.41, 5.74) is 3.22. The minimum Gasteiger partial charge on any atom is -0.310 e. The van der Waals surface area contributed by atoms with Crippen LogP contribution in [0.3, 0.4) is 0 Å². The van der Waals surface area contributed by atoms with Crippen LogP contribution in [0.25, 0.3) is 0 Å². The van der Waals surface area contributed by atoms with E-state index in [2.05, 4.69) is 68.9 Å². The van der Waals surface area contributed by atoms with Gasteiger partial charge in [0.15, 0.2) is 0 Å². The molecule has 0 saturated heterocycles. The largest absolute Gasteiger partial charge is 0.310 e. The molecule has 0 amide bonds. The summed E-state index contributed by atoms with van der Waals surface area (Å²) in [4.78, 5) is 0. The first-order valence-electron chi connectivity index (χ1n) is 7.98. The zero-order valence-electron chi connectivity index (χ0n) is 14.1. The Labute approximate surface area is 127 Å². The molecule has 1 aliphatic heterocycles. The summed E-state index contributed by atoms with van der Waals surface area (Å²) in [6.45, 7) is 16.1. The van der Waals surface area contributed by atoms with Crippen LogP contribution in [-0.2, 0) is 0 Å². The molecule has 0 saturated carbocycles. The SMILES string of the molecule is C[Si](C)(C)C[C@@H]1CN[C@H](C[Si](C)(C)C)c2ccccc21. The van der Waals surface area contributed by atoms with Gasteiger partial charge in [-0.05, 0) is 29.1 Å². The first-order valence-corrected chi connectivity index (χ1v) is 15.4. The predicted octanol–water partition coefficient (Wildman–Crippen LogP) is 5.09. The molecule has 2 rings (SSSR count). The molecule has 3 heteroatoms. The van der Waals surface area contributed by atoms with Gasteiger partial charge in [0.2, 0.25) is 0 Å². The fourth-order valence-corrected chi connectivity index (χ4v) is 6.85. The number of fused-ring (bicyclic) bond motifs is 1. The smallest absolute Gasteiger partial charge is 0.0461 e. The molecular formula is C17H31NSi2. The fourth-order valence-electron chi connectivity index (χ4n) is 3.42. The molecule has 1 nitrogen and oxygen atoms in total. The lowest BCUT2D eigenvalue weighted by Gasteiger charge is -2.37. The molecule has 1 heterocycles. The molecule has 112 valence electrons. The highest BCUT2D eigenvalue weighted by molar-refractivity contribution is 6.76. The highest BCUT2D eigenvalue weighted by atomic mass is 28.3. The van der Waals surface area contributed by atoms with E-state index < -0.39 is 16.1 Å². The summed E-state index contributed by atoms with van der Waals surface area (Å²) < 4.78 is 0. The number of benzene rings is 1. The van der Waals surface area contributed by atoms with Gasteiger partial charge in [-0.1, -0.05) is 63.5 Å². The van der Waals surface area contributed by atoms with E-state index in [0.29, 0.717) is 6.04 Å². The highest BCUT2D eigenvalue weighted by Crippen LogP contribution is 2.38. The average molecular weight is 306 g/mol. The molecule has 2 atom stereocenters. The van der Waals surface area contributed by atoms with Crippen molar-refractivity contribution in [1.29, 1.82) is 0 Å². The molecule has 1 aromatic carbocycles. The quantitative estimate of drug-likeness (QED) is 0.764. The standard InChI is InChI=1S/C17H31NSi2/c1-19(2,3)12-14-11-18-17(13-20(4,5)6)16-10-8-7-9-15(14)16/h7-10,14,17-18H,11-13H2,1-6H3/t14-,17+/m0/s1. The number of rotatable bonds is 4. The summed E-state index contributed by atoms with van der Waals surface area (Å²) in [5.74, 6) is 0.732. The van der Waals surface area contributed by atoms with Crippen molar-refractivity contribution >= 4 is 16.1 Å². The zero-order valence-corrected chi connectivity index (χ0v) is 16.1. The normalized spacial score (nSPS) is 23.5. The van der Waals surface area contributed by atoms with Crippen LogP contribution >= 0.6 is 0 Å². The molecule has 1 aliphatic rings. The van der Waals surface area contributed by atoms with Crippen LogP contribution < -0.4 is 5.32 Å². The number of hydrogen-bond acceptors (Lipinski definition) is 1. The molecule has 0 unspecified atom stereocenters. The fraction of sp³-hybridized carbons (Fsp3) is 0.647. The molecule has 1 aromatic rings. The summed E-state index contributed by atoms with van der Waals surface area (Å²) >= 11 is 0. The third-order valence-corrected chi connectivity index (χ3v) is 7.45. The van der Waals surface area contributed by atoms with Gasteiger partial charge in [0.1, 0.15) is 0 Å². The Kier molecular flexibility index (Phi) is 4.62. The molecule has 0 spiro atoms. The first kappa shape index (κ1) is 16.0. The van der Waals surface area contributed by atoms with Crippen LogP contribution in [-0.4, -0.2) is 22.7 Å². The minimum atomic E-state index is -1.04. The molecular weight excluding hydrogens is 274 g/mol. The Bertz CT molecular complexity index is 414. The lowest BCUT2D eigenvalue weighted by molar-refractivity contribution is 0.489. The van der Waals surface area contributed by atoms with Gasteiger partial charge in [-0.3, -0.25) is 0 Å². The van der Waals surface area contributed by atoms with E-state index in [1.807, 2.05) is 0 Å². The third kappa shape index (κ3) is 4.30. The van der Waals surface area contributed by atoms with Gasteiger partial charge in [-0.25, -0.2) is 0 Å². The molecule has 1 N–H and O–H groups in total. The third-order valence-electron chi connectivity index (χ3n) is 4.10. The molecule has 0 aliphatic carbocycles. The van der Waals surface area contributed by atoms with Crippen molar-refractivity contribution < 1.29 is 0 Å². The molecule has 20 heavy (non-hydrogen) atoms. The van der Waals surface area contributed by atoms with E-state index in [0.717, 1.165) is 5.92 Å². The lowest BCUT2D eigenvalue weighted by Crippen LogP contribution is -2.39. The van der Waals surface area contributed by atoms with Crippen LogP contribution in [0.15, 0.2) is 24.3 Å². The summed E-state index contributed by atoms with van der Waals surface area (Å²) in [6.07, 6.45) is 0. The predicted molar refractivity (Wildman–Crippen MR) is 96.2 cm³/mol. The van der Waals surface area contributed by atoms with Crippen LogP contribution in [0.4, 0.5) is 0 Å². The highest BCUT2D eigenvalue weighted by Gasteiger charge is 2.32. The Hall–Kier alpha value is -0.386. The van der Waals surface area contributed by atoms with E-state index in [4.69, 9.17) is 0 Å². The molecule has 0 aromatic heterocycles. The van der Waals surface area contributed by atoms with Crippen molar-refractivity contribution in [3.8, 4) is 0 Å². The Morgan fingerprint density at radius 3 is 2.00 bits per heavy atom. The Balaban J connectivity index is 2.25. The average Bonchev–Trinajstić information content (AvgIpc) is 2.29. The van der Waals surface area contributed by atoms with Gasteiger partial charge in [-0.2, -0.15) is 0 Å². The second kappa shape index (κ2) is 5.78. The van der Waals surface area contributed by atoms with Crippen molar-refractivity contribution in [3.05, 3.63) is 35.4 Å². The van der Waals surface area contributed by atoms with Crippen LogP contribution in [0.5, 0.6) is 0 Å². The second-order valence-electron chi connectivity index (χ2n) is 8.82. The van der Waals surface area contributed by atoms with Gasteiger partial charge in [0.25, 0.3) is 0 Å². The summed E-state index contributed by atoms with van der Waals surface area (Å²) in [6, 6.07) is 12.5. The second-order valence-corrected chi connectivity index (χ2v) is 19.9. The van der Waals surface area contributed by atoms with E-state index in [-0.39, 0.29) is 0 Å². The van der Waals surface area contributed by atoms with Crippen LogP contribution in [0, 0.1) is 0 Å². The molecule has 0 bridgehead atoms. The van der Waals surface area contributed by atoms with Crippen molar-refractivity contribution in [1.82, 2.24) is 5.32 Å². The van der Waals surface area contributed by atoms with Crippen molar-refractivity contribution in [3.63, 3.8) is 0 Å². The van der Waals surface area contributed by atoms with E-state index >= 15 is 0 Å². The Morgan fingerprint density at radius 1 is 0.900 bits per heavy atom. The van der Waals surface area contributed by atoms with Gasteiger partial charge >= 0.3 is 0 Å². The van der Waals surface area contributed by atoms with E-state index in [1.54, 1.807) is 11.1 Å². The van der Waals surface area contributed by atoms with Gasteiger partial charge < -0.3 is 5.32 Å². The maximum Gasteiger partial charge on any atom is 0.0461 e. The summed E-state index contributed by atoms with van der Waals surface area (Å²) in [5, 5.41) is 3.86. The number of nitrogens with one attached hydrogen (secondary N) is 1. The van der Waals surface area contributed by atoms with Gasteiger partial charge in [0.05, 0.1) is 0 Å². The molecule has 0 radical (unpaired) electrons. The van der Waals surface area contributed by atoms with Crippen molar-refractivity contribution in [2.75, 3.05) is 6.54 Å². The minimum absolute atomic E-state index is 0.593. The van der Waals surface area contributed by atoms with E-state index in [1.165, 1.54) is 18.6 Å². The topological polar surface area (TPSA) is 12.0 Å². The van der Waals surface area contributed by atoms with Crippen LogP contribution in [0.1, 0.15) is 23.1 Å². The van der Waals surface area contributed by atoms with Crippen molar-refractivity contribution in [2.45, 2.75) is 63.3 Å². The summed E-state index contributed by atoms with van der Waals surface area (Å²) in [7, 11) is -2.05. The Morgan fingerprint density at radius 2 is 1.45 bits per heavy atom. The lowest BCUT2D eigenvalue weighted by atomic mass is 9.88. The van der Waals surface area contributed by atoms with E-state index in [9.17, 15) is 0 Å². The van der Waals surface area contributed by atoms with Crippen molar-refractivity contribution in [2.24, 2.45) is 0 Å². The number of hydrogen-bond donors (Lipinski definition) is 1. The van der Waals surface area contributed by atoms with Crippen LogP contribution in [0.2, 0.25) is 51.4 Å². The van der Waals surface area contributed by atoms with Gasteiger partial charge in [-0.15, -0.1) is 0 Å². The van der Waals surface area contributed by atoms with Gasteiger partial charge in [0, 0.05) is 28.7 Å². The molecule has 0 fully saturated rings. The first-order chi connectivity index (χ1) is 9.16. The monoisotopic (exact) mass is 305 g/mol. The maximum atomic E-state index is 3.86. The zero-order chi connectivity index (χ0) is 15.0. The maximum absolute atomic E-state index is 3.86.